The first kappa shape index (κ1) is 14.0. The van der Waals surface area contributed by atoms with Crippen molar-refractivity contribution in [2.45, 2.75) is 38.4 Å². The van der Waals surface area contributed by atoms with Crippen LogP contribution in [-0.4, -0.2) is 54.3 Å². The van der Waals surface area contributed by atoms with Crippen molar-refractivity contribution in [1.29, 1.82) is 0 Å². The number of amides is 1. The number of hydrogen-bond donors (Lipinski definition) is 0. The maximum atomic E-state index is 12.7. The van der Waals surface area contributed by atoms with Crippen LogP contribution in [0, 0.1) is 13.8 Å². The van der Waals surface area contributed by atoms with Crippen molar-refractivity contribution in [2.75, 3.05) is 26.8 Å². The molecule has 0 unspecified atom stereocenters. The van der Waals surface area contributed by atoms with Crippen LogP contribution in [0.5, 0.6) is 0 Å². The molecule has 2 aliphatic heterocycles. The Morgan fingerprint density at radius 2 is 2.35 bits per heavy atom. The van der Waals surface area contributed by atoms with Crippen molar-refractivity contribution in [3.05, 3.63) is 15.6 Å². The molecule has 1 spiro atoms. The normalized spacial score (nSPS) is 29.6. The standard InChI is InChI=1S/C14H20N2O3S/c1-9-12(20-10(2)15-9)13(17)16-7-11(18-3)14(8-16)5-4-6-19-14/h11H,4-8H2,1-3H3/t11-,14-/m0/s1. The fourth-order valence-corrected chi connectivity index (χ4v) is 4.16. The van der Waals surface area contributed by atoms with E-state index >= 15 is 0 Å². The maximum absolute atomic E-state index is 12.7. The van der Waals surface area contributed by atoms with E-state index in [2.05, 4.69) is 4.98 Å². The summed E-state index contributed by atoms with van der Waals surface area (Å²) in [7, 11) is 1.70. The van der Waals surface area contributed by atoms with Gasteiger partial charge in [0.25, 0.3) is 5.91 Å². The molecule has 2 atom stereocenters. The molecule has 1 amide bonds. The molecule has 2 aliphatic rings. The molecule has 2 fully saturated rings. The third-order valence-corrected chi connectivity index (χ3v) is 5.30. The molecule has 0 saturated carbocycles. The van der Waals surface area contributed by atoms with Crippen LogP contribution < -0.4 is 0 Å². The first-order chi connectivity index (χ1) is 9.55. The average Bonchev–Trinajstić information content (AvgIpc) is 3.10. The number of thiazole rings is 1. The smallest absolute Gasteiger partial charge is 0.266 e. The van der Waals surface area contributed by atoms with E-state index in [0.717, 1.165) is 35.0 Å². The quantitative estimate of drug-likeness (QED) is 0.835. The van der Waals surface area contributed by atoms with E-state index in [0.29, 0.717) is 13.1 Å². The Bertz CT molecular complexity index is 522. The van der Waals surface area contributed by atoms with Crippen molar-refractivity contribution in [2.24, 2.45) is 0 Å². The highest BCUT2D eigenvalue weighted by molar-refractivity contribution is 7.13. The largest absolute Gasteiger partial charge is 0.377 e. The van der Waals surface area contributed by atoms with Crippen molar-refractivity contribution in [3.63, 3.8) is 0 Å². The Balaban J connectivity index is 1.82. The van der Waals surface area contributed by atoms with Crippen molar-refractivity contribution < 1.29 is 14.3 Å². The Labute approximate surface area is 122 Å². The van der Waals surface area contributed by atoms with Crippen molar-refractivity contribution in [1.82, 2.24) is 9.88 Å². The van der Waals surface area contributed by atoms with Crippen LogP contribution in [0.4, 0.5) is 0 Å². The average molecular weight is 296 g/mol. The number of aryl methyl sites for hydroxylation is 2. The van der Waals surface area contributed by atoms with Crippen molar-refractivity contribution in [3.8, 4) is 0 Å². The minimum atomic E-state index is -0.294. The van der Waals surface area contributed by atoms with Crippen LogP contribution in [-0.2, 0) is 9.47 Å². The SMILES string of the molecule is CO[C@H]1CN(C(=O)c2sc(C)nc2C)C[C@@]12CCCO2. The third kappa shape index (κ3) is 2.16. The lowest BCUT2D eigenvalue weighted by Gasteiger charge is -2.27. The fourth-order valence-electron chi connectivity index (χ4n) is 3.27. The molecule has 2 saturated heterocycles. The van der Waals surface area contributed by atoms with Gasteiger partial charge in [0, 0.05) is 13.7 Å². The van der Waals surface area contributed by atoms with Crippen LogP contribution in [0.2, 0.25) is 0 Å². The molecule has 6 heteroatoms. The molecule has 5 nitrogen and oxygen atoms in total. The van der Waals surface area contributed by atoms with Crippen LogP contribution >= 0.6 is 11.3 Å². The Kier molecular flexibility index (Phi) is 3.56. The molecule has 20 heavy (non-hydrogen) atoms. The van der Waals surface area contributed by atoms with E-state index in [1.54, 1.807) is 7.11 Å². The summed E-state index contributed by atoms with van der Waals surface area (Å²) >= 11 is 1.47. The zero-order valence-corrected chi connectivity index (χ0v) is 13.0. The molecule has 0 bridgehead atoms. The number of nitrogens with zero attached hydrogens (tertiary/aromatic N) is 2. The number of carbonyl (C=O) groups is 1. The summed E-state index contributed by atoms with van der Waals surface area (Å²) in [5, 5.41) is 0.931. The summed E-state index contributed by atoms with van der Waals surface area (Å²) in [6.07, 6.45) is 1.99. The molecular formula is C14H20N2O3S. The molecule has 0 aliphatic carbocycles. The second-order valence-electron chi connectivity index (χ2n) is 5.57. The number of methoxy groups -OCH3 is 1. The van der Waals surface area contributed by atoms with E-state index in [9.17, 15) is 4.79 Å². The predicted octanol–water partition coefficient (Wildman–Crippen LogP) is 1.78. The van der Waals surface area contributed by atoms with Gasteiger partial charge in [-0.15, -0.1) is 11.3 Å². The Morgan fingerprint density at radius 1 is 1.55 bits per heavy atom. The van der Waals surface area contributed by atoms with Crippen LogP contribution in [0.25, 0.3) is 0 Å². The molecule has 0 aromatic carbocycles. The van der Waals surface area contributed by atoms with Gasteiger partial charge in [-0.25, -0.2) is 4.98 Å². The topological polar surface area (TPSA) is 51.7 Å². The van der Waals surface area contributed by atoms with Gasteiger partial charge >= 0.3 is 0 Å². The molecule has 3 rings (SSSR count). The zero-order chi connectivity index (χ0) is 14.3. The third-order valence-electron chi connectivity index (χ3n) is 4.23. The number of hydrogen-bond acceptors (Lipinski definition) is 5. The minimum Gasteiger partial charge on any atom is -0.377 e. The highest BCUT2D eigenvalue weighted by Crippen LogP contribution is 2.37. The molecule has 1 aromatic heterocycles. The van der Waals surface area contributed by atoms with Gasteiger partial charge in [0.1, 0.15) is 16.6 Å². The monoisotopic (exact) mass is 296 g/mol. The number of aromatic nitrogens is 1. The lowest BCUT2D eigenvalue weighted by Crippen LogP contribution is -2.42. The first-order valence-corrected chi connectivity index (χ1v) is 7.77. The Hall–Kier alpha value is -0.980. The maximum Gasteiger partial charge on any atom is 0.266 e. The number of rotatable bonds is 2. The second-order valence-corrected chi connectivity index (χ2v) is 6.78. The molecule has 0 radical (unpaired) electrons. The van der Waals surface area contributed by atoms with Crippen LogP contribution in [0.15, 0.2) is 0 Å². The first-order valence-electron chi connectivity index (χ1n) is 6.96. The van der Waals surface area contributed by atoms with Gasteiger partial charge in [-0.2, -0.15) is 0 Å². The lowest BCUT2D eigenvalue weighted by molar-refractivity contribution is -0.0754. The molecule has 110 valence electrons. The molecule has 3 heterocycles. The van der Waals surface area contributed by atoms with Gasteiger partial charge in [0.15, 0.2) is 0 Å². The summed E-state index contributed by atoms with van der Waals surface area (Å²) in [6.45, 7) is 5.81. The lowest BCUT2D eigenvalue weighted by atomic mass is 9.96. The van der Waals surface area contributed by atoms with E-state index in [4.69, 9.17) is 9.47 Å². The van der Waals surface area contributed by atoms with Crippen LogP contribution in [0.1, 0.15) is 33.2 Å². The highest BCUT2D eigenvalue weighted by Gasteiger charge is 2.51. The predicted molar refractivity (Wildman–Crippen MR) is 76.2 cm³/mol. The summed E-state index contributed by atoms with van der Waals surface area (Å²) in [5.41, 5.74) is 0.526. The molecule has 1 aromatic rings. The summed E-state index contributed by atoms with van der Waals surface area (Å²) < 4.78 is 11.5. The van der Waals surface area contributed by atoms with Gasteiger partial charge in [0.05, 0.1) is 23.8 Å². The van der Waals surface area contributed by atoms with Crippen LogP contribution in [0.3, 0.4) is 0 Å². The van der Waals surface area contributed by atoms with Gasteiger partial charge in [-0.3, -0.25) is 4.79 Å². The summed E-state index contributed by atoms with van der Waals surface area (Å²) in [6, 6.07) is 0. The highest BCUT2D eigenvalue weighted by atomic mass is 32.1. The minimum absolute atomic E-state index is 0.0247. The summed E-state index contributed by atoms with van der Waals surface area (Å²) in [4.78, 5) is 19.6. The van der Waals surface area contributed by atoms with Crippen molar-refractivity contribution >= 4 is 17.2 Å². The number of carbonyl (C=O) groups excluding carboxylic acids is 1. The van der Waals surface area contributed by atoms with E-state index in [1.807, 2.05) is 18.7 Å². The fraction of sp³-hybridized carbons (Fsp3) is 0.714. The van der Waals surface area contributed by atoms with Gasteiger partial charge < -0.3 is 14.4 Å². The number of ether oxygens (including phenoxy) is 2. The number of likely N-dealkylation sites (tertiary alicyclic amines) is 1. The molecule has 0 N–H and O–H groups in total. The van der Waals surface area contributed by atoms with E-state index in [1.165, 1.54) is 11.3 Å². The zero-order valence-electron chi connectivity index (χ0n) is 12.1. The van der Waals surface area contributed by atoms with Gasteiger partial charge in [0.2, 0.25) is 0 Å². The van der Waals surface area contributed by atoms with E-state index in [-0.39, 0.29) is 17.6 Å². The van der Waals surface area contributed by atoms with E-state index < -0.39 is 0 Å². The molecular weight excluding hydrogens is 276 g/mol. The Morgan fingerprint density at radius 3 is 2.90 bits per heavy atom. The van der Waals surface area contributed by atoms with Gasteiger partial charge in [-0.1, -0.05) is 0 Å². The van der Waals surface area contributed by atoms with Gasteiger partial charge in [-0.05, 0) is 26.7 Å². The second kappa shape index (κ2) is 5.09. The summed E-state index contributed by atoms with van der Waals surface area (Å²) in [5.74, 6) is 0.0579.